The van der Waals surface area contributed by atoms with Crippen molar-refractivity contribution in [3.63, 3.8) is 0 Å². The SMILES string of the molecule is CCOC(=O)c1cn[nH]c1NC(=O)C(C)=O. The monoisotopic (exact) mass is 225 g/mol. The third-order valence-electron chi connectivity index (χ3n) is 1.69. The normalized spacial score (nSPS) is 9.62. The molecule has 2 N–H and O–H groups in total. The summed E-state index contributed by atoms with van der Waals surface area (Å²) < 4.78 is 4.73. The smallest absolute Gasteiger partial charge is 0.343 e. The molecule has 7 heteroatoms. The number of amides is 1. The lowest BCUT2D eigenvalue weighted by atomic mass is 10.3. The summed E-state index contributed by atoms with van der Waals surface area (Å²) in [6.45, 7) is 2.99. The van der Waals surface area contributed by atoms with E-state index in [1.165, 1.54) is 6.20 Å². The zero-order chi connectivity index (χ0) is 12.1. The number of esters is 1. The van der Waals surface area contributed by atoms with Crippen LogP contribution in [0, 0.1) is 0 Å². The van der Waals surface area contributed by atoms with Crippen molar-refractivity contribution in [2.24, 2.45) is 0 Å². The molecule has 1 amide bonds. The van der Waals surface area contributed by atoms with Gasteiger partial charge in [-0.1, -0.05) is 0 Å². The molecule has 0 atom stereocenters. The van der Waals surface area contributed by atoms with Gasteiger partial charge in [0.1, 0.15) is 11.4 Å². The number of aromatic amines is 1. The van der Waals surface area contributed by atoms with Crippen molar-refractivity contribution in [3.8, 4) is 0 Å². The highest BCUT2D eigenvalue weighted by atomic mass is 16.5. The Bertz CT molecular complexity index is 424. The first-order valence-corrected chi connectivity index (χ1v) is 4.58. The quantitative estimate of drug-likeness (QED) is 0.559. The summed E-state index contributed by atoms with van der Waals surface area (Å²) in [5, 5.41) is 8.20. The molecule has 0 fully saturated rings. The fourth-order valence-corrected chi connectivity index (χ4v) is 0.947. The Labute approximate surface area is 91.2 Å². The van der Waals surface area contributed by atoms with E-state index in [1.54, 1.807) is 6.92 Å². The highest BCUT2D eigenvalue weighted by Gasteiger charge is 2.18. The molecule has 1 aromatic heterocycles. The van der Waals surface area contributed by atoms with Gasteiger partial charge in [0.05, 0.1) is 12.8 Å². The van der Waals surface area contributed by atoms with Gasteiger partial charge in [-0.25, -0.2) is 4.79 Å². The number of rotatable bonds is 4. The predicted molar refractivity (Wildman–Crippen MR) is 53.9 cm³/mol. The molecule has 0 aliphatic carbocycles. The molecule has 0 aromatic carbocycles. The molecular weight excluding hydrogens is 214 g/mol. The van der Waals surface area contributed by atoms with Gasteiger partial charge in [-0.2, -0.15) is 5.10 Å². The highest BCUT2D eigenvalue weighted by Crippen LogP contribution is 2.12. The van der Waals surface area contributed by atoms with Gasteiger partial charge in [0, 0.05) is 6.92 Å². The Hall–Kier alpha value is -2.18. The summed E-state index contributed by atoms with van der Waals surface area (Å²) in [6.07, 6.45) is 1.22. The van der Waals surface area contributed by atoms with Crippen LogP contribution in [0.15, 0.2) is 6.20 Å². The van der Waals surface area contributed by atoms with Crippen LogP contribution in [0.3, 0.4) is 0 Å². The number of hydrogen-bond acceptors (Lipinski definition) is 5. The van der Waals surface area contributed by atoms with Gasteiger partial charge in [-0.3, -0.25) is 14.7 Å². The van der Waals surface area contributed by atoms with Crippen LogP contribution in [0.5, 0.6) is 0 Å². The number of carbonyl (C=O) groups is 3. The summed E-state index contributed by atoms with van der Waals surface area (Å²) in [5.41, 5.74) is 0.0800. The second-order valence-electron chi connectivity index (χ2n) is 2.89. The van der Waals surface area contributed by atoms with E-state index in [2.05, 4.69) is 15.5 Å². The maximum absolute atomic E-state index is 11.4. The topological polar surface area (TPSA) is 101 Å². The number of hydrogen-bond donors (Lipinski definition) is 2. The summed E-state index contributed by atoms with van der Waals surface area (Å²) in [7, 11) is 0. The van der Waals surface area contributed by atoms with Crippen LogP contribution >= 0.6 is 0 Å². The van der Waals surface area contributed by atoms with Gasteiger partial charge in [-0.05, 0) is 6.92 Å². The van der Waals surface area contributed by atoms with Gasteiger partial charge in [0.25, 0.3) is 5.91 Å². The Morgan fingerprint density at radius 3 is 2.75 bits per heavy atom. The number of nitrogens with one attached hydrogen (secondary N) is 2. The zero-order valence-corrected chi connectivity index (χ0v) is 8.86. The van der Waals surface area contributed by atoms with Crippen molar-refractivity contribution in [3.05, 3.63) is 11.8 Å². The third kappa shape index (κ3) is 2.66. The number of aromatic nitrogens is 2. The molecule has 1 aromatic rings. The predicted octanol–water partition coefficient (Wildman–Crippen LogP) is 0.114. The fourth-order valence-electron chi connectivity index (χ4n) is 0.947. The van der Waals surface area contributed by atoms with E-state index >= 15 is 0 Å². The summed E-state index contributed by atoms with van der Waals surface area (Å²) in [5.74, 6) is -2.05. The van der Waals surface area contributed by atoms with Crippen molar-refractivity contribution in [1.29, 1.82) is 0 Å². The van der Waals surface area contributed by atoms with Gasteiger partial charge < -0.3 is 10.1 Å². The first-order chi connectivity index (χ1) is 7.56. The summed E-state index contributed by atoms with van der Waals surface area (Å²) in [4.78, 5) is 33.2. The molecule has 0 spiro atoms. The van der Waals surface area contributed by atoms with Crippen LogP contribution in [-0.4, -0.2) is 34.5 Å². The van der Waals surface area contributed by atoms with Crippen molar-refractivity contribution < 1.29 is 19.1 Å². The number of nitrogens with zero attached hydrogens (tertiary/aromatic N) is 1. The Morgan fingerprint density at radius 2 is 2.19 bits per heavy atom. The molecule has 0 unspecified atom stereocenters. The van der Waals surface area contributed by atoms with Crippen LogP contribution in [0.4, 0.5) is 5.82 Å². The maximum Gasteiger partial charge on any atom is 0.343 e. The standard InChI is InChI=1S/C9H11N3O4/c1-3-16-9(15)6-4-10-12-7(6)11-8(14)5(2)13/h4H,3H2,1-2H3,(H2,10,11,12,14). The average molecular weight is 225 g/mol. The lowest BCUT2D eigenvalue weighted by Crippen LogP contribution is -2.21. The molecule has 1 heterocycles. The van der Waals surface area contributed by atoms with E-state index in [1.807, 2.05) is 0 Å². The van der Waals surface area contributed by atoms with E-state index in [-0.39, 0.29) is 18.0 Å². The molecule has 0 saturated carbocycles. The third-order valence-corrected chi connectivity index (χ3v) is 1.69. The van der Waals surface area contributed by atoms with Crippen molar-refractivity contribution in [1.82, 2.24) is 10.2 Å². The number of anilines is 1. The largest absolute Gasteiger partial charge is 0.462 e. The second-order valence-corrected chi connectivity index (χ2v) is 2.89. The average Bonchev–Trinajstić information content (AvgIpc) is 2.66. The minimum Gasteiger partial charge on any atom is -0.462 e. The van der Waals surface area contributed by atoms with Gasteiger partial charge in [0.15, 0.2) is 0 Å². The fraction of sp³-hybridized carbons (Fsp3) is 0.333. The van der Waals surface area contributed by atoms with E-state index in [0.717, 1.165) is 6.92 Å². The minimum absolute atomic E-state index is 0.0543. The minimum atomic E-state index is -0.824. The lowest BCUT2D eigenvalue weighted by Gasteiger charge is -2.03. The number of Topliss-reactive ketones (excluding diaryl/α,β-unsaturated/α-hetero) is 1. The maximum atomic E-state index is 11.4. The number of H-pyrrole nitrogens is 1. The molecule has 1 rings (SSSR count). The molecule has 0 radical (unpaired) electrons. The molecule has 0 saturated heterocycles. The van der Waals surface area contributed by atoms with E-state index in [4.69, 9.17) is 4.74 Å². The van der Waals surface area contributed by atoms with Gasteiger partial charge in [0.2, 0.25) is 5.78 Å². The van der Waals surface area contributed by atoms with Crippen LogP contribution in [0.2, 0.25) is 0 Å². The number of ether oxygens (including phenoxy) is 1. The van der Waals surface area contributed by atoms with E-state index < -0.39 is 17.7 Å². The second kappa shape index (κ2) is 5.06. The Morgan fingerprint density at radius 1 is 1.50 bits per heavy atom. The van der Waals surface area contributed by atoms with Crippen molar-refractivity contribution >= 4 is 23.5 Å². The lowest BCUT2D eigenvalue weighted by molar-refractivity contribution is -0.133. The first kappa shape index (κ1) is 11.9. The molecule has 7 nitrogen and oxygen atoms in total. The Balaban J connectivity index is 2.82. The molecular formula is C9H11N3O4. The first-order valence-electron chi connectivity index (χ1n) is 4.58. The van der Waals surface area contributed by atoms with E-state index in [9.17, 15) is 14.4 Å². The van der Waals surface area contributed by atoms with Crippen LogP contribution < -0.4 is 5.32 Å². The van der Waals surface area contributed by atoms with Crippen LogP contribution in [0.1, 0.15) is 24.2 Å². The number of ketones is 1. The highest BCUT2D eigenvalue weighted by molar-refractivity contribution is 6.39. The van der Waals surface area contributed by atoms with Crippen molar-refractivity contribution in [2.75, 3.05) is 11.9 Å². The summed E-state index contributed by atoms with van der Waals surface area (Å²) >= 11 is 0. The molecule has 86 valence electrons. The van der Waals surface area contributed by atoms with Gasteiger partial charge >= 0.3 is 5.97 Å². The van der Waals surface area contributed by atoms with E-state index in [0.29, 0.717) is 0 Å². The molecule has 0 bridgehead atoms. The molecule has 16 heavy (non-hydrogen) atoms. The van der Waals surface area contributed by atoms with Crippen molar-refractivity contribution in [2.45, 2.75) is 13.8 Å². The number of carbonyl (C=O) groups excluding carboxylic acids is 3. The summed E-state index contributed by atoms with van der Waals surface area (Å²) in [6, 6.07) is 0. The van der Waals surface area contributed by atoms with Crippen LogP contribution in [-0.2, 0) is 14.3 Å². The van der Waals surface area contributed by atoms with Gasteiger partial charge in [-0.15, -0.1) is 0 Å². The van der Waals surface area contributed by atoms with Crippen LogP contribution in [0.25, 0.3) is 0 Å². The Kier molecular flexibility index (Phi) is 3.76. The zero-order valence-electron chi connectivity index (χ0n) is 8.86. The molecule has 0 aliphatic heterocycles. The molecule has 0 aliphatic rings.